The molecular formula is C15H24N2O10P2. The molecule has 0 saturated heterocycles. The first-order chi connectivity index (χ1) is 13.3. The second-order valence-corrected chi connectivity index (χ2v) is 9.64. The Balaban J connectivity index is 2.45. The summed E-state index contributed by atoms with van der Waals surface area (Å²) in [5.41, 5.74) is -1.33. The molecule has 0 spiro atoms. The number of hydrogen-bond donors (Lipinski definition) is 4. The van der Waals surface area contributed by atoms with Crippen LogP contribution in [0, 0.1) is 5.92 Å². The van der Waals surface area contributed by atoms with Crippen molar-refractivity contribution in [1.82, 2.24) is 9.55 Å². The number of H-pyrrole nitrogens is 1. The first-order valence-electron chi connectivity index (χ1n) is 8.61. The Morgan fingerprint density at radius 3 is 2.41 bits per heavy atom. The number of ether oxygens (including phenoxy) is 1. The van der Waals surface area contributed by atoms with Gasteiger partial charge in [0.15, 0.2) is 0 Å². The lowest BCUT2D eigenvalue weighted by molar-refractivity contribution is -0.0248. The molecule has 14 heteroatoms. The SMILES string of the molecule is CO[C@@H]1[C@H](OP(=O)(O)OC(C)C)[C@@H](/C=C/P(=O)(O)O)C[C@H]1n1ccc(=O)[nH]c1=O. The number of methoxy groups -OCH3 is 1. The minimum Gasteiger partial charge on any atom is -0.377 e. The lowest BCUT2D eigenvalue weighted by Gasteiger charge is -2.27. The van der Waals surface area contributed by atoms with Gasteiger partial charge in [0, 0.05) is 31.1 Å². The minimum atomic E-state index is -4.54. The van der Waals surface area contributed by atoms with Crippen molar-refractivity contribution >= 4 is 15.4 Å². The van der Waals surface area contributed by atoms with Gasteiger partial charge in [-0.3, -0.25) is 28.0 Å². The molecule has 1 aliphatic carbocycles. The Morgan fingerprint density at radius 2 is 1.90 bits per heavy atom. The molecular weight excluding hydrogens is 430 g/mol. The molecule has 0 bridgehead atoms. The second-order valence-electron chi connectivity index (χ2n) is 6.81. The van der Waals surface area contributed by atoms with Crippen molar-refractivity contribution in [3.8, 4) is 0 Å². The van der Waals surface area contributed by atoms with E-state index in [9.17, 15) is 23.6 Å². The quantitative estimate of drug-likeness (QED) is 0.409. The predicted octanol–water partition coefficient (Wildman–Crippen LogP) is 0.715. The highest BCUT2D eigenvalue weighted by molar-refractivity contribution is 7.55. The normalized spacial score (nSPS) is 27.6. The van der Waals surface area contributed by atoms with Gasteiger partial charge >= 0.3 is 21.1 Å². The number of nitrogens with zero attached hydrogens (tertiary/aromatic N) is 1. The molecule has 1 heterocycles. The van der Waals surface area contributed by atoms with E-state index in [-0.39, 0.29) is 6.42 Å². The fourth-order valence-corrected chi connectivity index (χ4v) is 4.87. The molecule has 5 atom stereocenters. The van der Waals surface area contributed by atoms with Crippen LogP contribution in [-0.2, 0) is 22.9 Å². The van der Waals surface area contributed by atoms with Gasteiger partial charge in [0.1, 0.15) is 12.2 Å². The number of phosphoric ester groups is 1. The summed E-state index contributed by atoms with van der Waals surface area (Å²) in [7, 11) is -7.75. The van der Waals surface area contributed by atoms with Crippen molar-refractivity contribution in [1.29, 1.82) is 0 Å². The molecule has 0 radical (unpaired) electrons. The van der Waals surface area contributed by atoms with Crippen molar-refractivity contribution in [3.63, 3.8) is 0 Å². The average molecular weight is 454 g/mol. The largest absolute Gasteiger partial charge is 0.472 e. The second kappa shape index (κ2) is 9.20. The molecule has 0 aromatic carbocycles. The van der Waals surface area contributed by atoms with Crippen molar-refractivity contribution < 1.29 is 37.6 Å². The van der Waals surface area contributed by atoms with Gasteiger partial charge < -0.3 is 19.4 Å². The number of nitrogens with one attached hydrogen (secondary N) is 1. The molecule has 1 aromatic rings. The molecule has 0 amide bonds. The molecule has 4 N–H and O–H groups in total. The van der Waals surface area contributed by atoms with Crippen LogP contribution in [-0.4, -0.2) is 49.7 Å². The summed E-state index contributed by atoms with van der Waals surface area (Å²) in [5, 5.41) is 0. The van der Waals surface area contributed by atoms with Crippen LogP contribution in [0.15, 0.2) is 33.7 Å². The first kappa shape index (κ1) is 23.9. The van der Waals surface area contributed by atoms with Crippen LogP contribution in [0.1, 0.15) is 26.3 Å². The van der Waals surface area contributed by atoms with Gasteiger partial charge in [0.2, 0.25) is 0 Å². The molecule has 0 aliphatic heterocycles. The maximum absolute atomic E-state index is 12.3. The fourth-order valence-electron chi connectivity index (χ4n) is 3.26. The van der Waals surface area contributed by atoms with E-state index in [2.05, 4.69) is 4.98 Å². The molecule has 1 unspecified atom stereocenters. The summed E-state index contributed by atoms with van der Waals surface area (Å²) < 4.78 is 40.3. The lowest BCUT2D eigenvalue weighted by atomic mass is 10.1. The third-order valence-corrected chi connectivity index (χ3v) is 6.00. The van der Waals surface area contributed by atoms with E-state index in [1.54, 1.807) is 0 Å². The summed E-state index contributed by atoms with van der Waals surface area (Å²) in [6.45, 7) is 3.06. The summed E-state index contributed by atoms with van der Waals surface area (Å²) in [6, 6.07) is 0.376. The predicted molar refractivity (Wildman–Crippen MR) is 101 cm³/mol. The van der Waals surface area contributed by atoms with Gasteiger partial charge in [-0.05, 0) is 20.3 Å². The highest BCUT2D eigenvalue weighted by Crippen LogP contribution is 2.52. The van der Waals surface area contributed by atoms with Crippen molar-refractivity contribution in [2.24, 2.45) is 5.92 Å². The summed E-state index contributed by atoms with van der Waals surface area (Å²) >= 11 is 0. The van der Waals surface area contributed by atoms with Crippen LogP contribution < -0.4 is 11.2 Å². The summed E-state index contributed by atoms with van der Waals surface area (Å²) in [5.74, 6) is -0.141. The maximum Gasteiger partial charge on any atom is 0.472 e. The third-order valence-electron chi connectivity index (χ3n) is 4.25. The average Bonchev–Trinajstić information content (AvgIpc) is 2.87. The first-order valence-corrected chi connectivity index (χ1v) is 11.8. The zero-order valence-electron chi connectivity index (χ0n) is 15.9. The highest BCUT2D eigenvalue weighted by atomic mass is 31.2. The Hall–Kier alpha value is -1.36. The topological polar surface area (TPSA) is 177 Å². The van der Waals surface area contributed by atoms with Crippen molar-refractivity contribution in [3.05, 3.63) is 45.0 Å². The van der Waals surface area contributed by atoms with Gasteiger partial charge in [0.25, 0.3) is 5.56 Å². The van der Waals surface area contributed by atoms with Crippen LogP contribution >= 0.6 is 15.4 Å². The zero-order valence-corrected chi connectivity index (χ0v) is 17.7. The lowest BCUT2D eigenvalue weighted by Crippen LogP contribution is -2.38. The van der Waals surface area contributed by atoms with E-state index in [0.29, 0.717) is 5.82 Å². The van der Waals surface area contributed by atoms with Crippen molar-refractivity contribution in [2.45, 2.75) is 44.6 Å². The maximum atomic E-state index is 12.3. The number of rotatable bonds is 8. The van der Waals surface area contributed by atoms with Gasteiger partial charge in [-0.25, -0.2) is 9.36 Å². The van der Waals surface area contributed by atoms with Crippen LogP contribution in [0.3, 0.4) is 0 Å². The van der Waals surface area contributed by atoms with E-state index >= 15 is 0 Å². The highest BCUT2D eigenvalue weighted by Gasteiger charge is 2.48. The standard InChI is InChI=1S/C15H24N2O10P2/c1-9(2)26-29(23,24)27-13-10(5-7-28(20,21)22)8-11(14(13)25-3)17-6-4-12(18)16-15(17)19/h4-7,9-11,13-14H,8H2,1-3H3,(H,23,24)(H,16,18,19)(H2,20,21,22)/b7-5+/t10-,11+,13+,14-/m0/s1. The van der Waals surface area contributed by atoms with E-state index in [1.807, 2.05) is 0 Å². The zero-order chi connectivity index (χ0) is 22.0. The van der Waals surface area contributed by atoms with Crippen LogP contribution in [0.25, 0.3) is 0 Å². The Morgan fingerprint density at radius 1 is 1.24 bits per heavy atom. The van der Waals surface area contributed by atoms with E-state index in [0.717, 1.165) is 12.1 Å². The molecule has 1 aliphatic rings. The van der Waals surface area contributed by atoms with Crippen LogP contribution in [0.4, 0.5) is 0 Å². The molecule has 164 valence electrons. The fraction of sp³-hybridized carbons (Fsp3) is 0.600. The monoisotopic (exact) mass is 454 g/mol. The minimum absolute atomic E-state index is 0.0767. The smallest absolute Gasteiger partial charge is 0.377 e. The van der Waals surface area contributed by atoms with Gasteiger partial charge in [0.05, 0.1) is 12.1 Å². The molecule has 29 heavy (non-hydrogen) atoms. The summed E-state index contributed by atoms with van der Waals surface area (Å²) in [4.78, 5) is 53.9. The van der Waals surface area contributed by atoms with Crippen LogP contribution in [0.2, 0.25) is 0 Å². The van der Waals surface area contributed by atoms with Crippen LogP contribution in [0.5, 0.6) is 0 Å². The van der Waals surface area contributed by atoms with Gasteiger partial charge in [-0.1, -0.05) is 6.08 Å². The summed E-state index contributed by atoms with van der Waals surface area (Å²) in [6.07, 6.45) is -0.276. The molecule has 1 fully saturated rings. The molecule has 1 aromatic heterocycles. The number of aromatic nitrogens is 2. The van der Waals surface area contributed by atoms with Crippen molar-refractivity contribution in [2.75, 3.05) is 7.11 Å². The van der Waals surface area contributed by atoms with E-state index < -0.39 is 56.9 Å². The molecule has 2 rings (SSSR count). The van der Waals surface area contributed by atoms with E-state index in [1.165, 1.54) is 31.7 Å². The number of hydrogen-bond acceptors (Lipinski definition) is 7. The molecule has 12 nitrogen and oxygen atoms in total. The Bertz CT molecular complexity index is 949. The van der Waals surface area contributed by atoms with E-state index in [4.69, 9.17) is 23.6 Å². The molecule has 1 saturated carbocycles. The Labute approximate surface area is 165 Å². The number of aromatic amines is 1. The van der Waals surface area contributed by atoms with Gasteiger partial charge in [-0.2, -0.15) is 0 Å². The Kier molecular flexibility index (Phi) is 7.58. The van der Waals surface area contributed by atoms with Gasteiger partial charge in [-0.15, -0.1) is 0 Å². The third kappa shape index (κ3) is 6.56. The number of phosphoric acid groups is 1.